The Hall–Kier alpha value is -0.570. The van der Waals surface area contributed by atoms with E-state index < -0.39 is 36.8 Å². The summed E-state index contributed by atoms with van der Waals surface area (Å²) in [7, 11) is 0. The molecule has 0 spiro atoms. The SMILES string of the molecule is O=C[C@]1(O)O[C@H](CO)[C@@H](O)[C@H](O)[C@H]1O. The van der Waals surface area contributed by atoms with Crippen molar-refractivity contribution < 1.29 is 35.1 Å². The molecule has 1 saturated heterocycles. The summed E-state index contributed by atoms with van der Waals surface area (Å²) >= 11 is 0. The zero-order valence-electron chi connectivity index (χ0n) is 7.15. The Labute approximate surface area is 79.2 Å². The molecule has 0 amide bonds. The van der Waals surface area contributed by atoms with Crippen molar-refractivity contribution in [3.05, 3.63) is 0 Å². The van der Waals surface area contributed by atoms with Gasteiger partial charge >= 0.3 is 0 Å². The molecule has 1 fully saturated rings. The topological polar surface area (TPSA) is 127 Å². The summed E-state index contributed by atoms with van der Waals surface area (Å²) in [5.74, 6) is -2.59. The van der Waals surface area contributed by atoms with E-state index >= 15 is 0 Å². The van der Waals surface area contributed by atoms with Crippen LogP contribution in [0.4, 0.5) is 0 Å². The van der Waals surface area contributed by atoms with E-state index in [4.69, 9.17) is 5.11 Å². The number of aldehydes is 1. The number of rotatable bonds is 2. The van der Waals surface area contributed by atoms with Gasteiger partial charge in [-0.15, -0.1) is 0 Å². The molecular formula is C7H12O7. The van der Waals surface area contributed by atoms with Crippen LogP contribution < -0.4 is 0 Å². The Morgan fingerprint density at radius 1 is 1.29 bits per heavy atom. The molecule has 0 aromatic heterocycles. The molecule has 0 aromatic rings. The predicted octanol–water partition coefficient (Wildman–Crippen LogP) is -3.65. The molecule has 7 heteroatoms. The summed E-state index contributed by atoms with van der Waals surface area (Å²) in [4.78, 5) is 10.4. The number of aliphatic hydroxyl groups excluding tert-OH is 4. The normalized spacial score (nSPS) is 48.9. The van der Waals surface area contributed by atoms with E-state index in [1.165, 1.54) is 0 Å². The van der Waals surface area contributed by atoms with Crippen molar-refractivity contribution in [2.75, 3.05) is 6.61 Å². The molecule has 0 bridgehead atoms. The third-order valence-corrected chi connectivity index (χ3v) is 2.17. The predicted molar refractivity (Wildman–Crippen MR) is 41.0 cm³/mol. The molecule has 82 valence electrons. The lowest BCUT2D eigenvalue weighted by atomic mass is 9.93. The number of ether oxygens (including phenoxy) is 1. The van der Waals surface area contributed by atoms with E-state index in [0.29, 0.717) is 0 Å². The molecule has 1 aliphatic rings. The molecule has 0 aliphatic carbocycles. The van der Waals surface area contributed by atoms with E-state index in [-0.39, 0.29) is 6.29 Å². The second-order valence-electron chi connectivity index (χ2n) is 3.13. The first-order chi connectivity index (χ1) is 6.46. The molecule has 1 aliphatic heterocycles. The quantitative estimate of drug-likeness (QED) is 0.296. The maximum atomic E-state index is 10.4. The standard InChI is InChI=1S/C7H12O7/c8-1-3-4(10)5(11)6(12)7(13,2-9)14-3/h2-6,8,10-13H,1H2/t3-,4-,5+,6-,7+/m1/s1. The number of hydrogen-bond donors (Lipinski definition) is 5. The second kappa shape index (κ2) is 3.89. The highest BCUT2D eigenvalue weighted by molar-refractivity contribution is 5.61. The summed E-state index contributed by atoms with van der Waals surface area (Å²) in [6, 6.07) is 0. The van der Waals surface area contributed by atoms with Gasteiger partial charge in [0, 0.05) is 0 Å². The van der Waals surface area contributed by atoms with Crippen molar-refractivity contribution in [3.63, 3.8) is 0 Å². The van der Waals surface area contributed by atoms with Gasteiger partial charge in [-0.1, -0.05) is 0 Å². The number of aliphatic hydroxyl groups is 5. The van der Waals surface area contributed by atoms with E-state index in [9.17, 15) is 25.2 Å². The molecule has 0 saturated carbocycles. The van der Waals surface area contributed by atoms with Gasteiger partial charge in [0.15, 0.2) is 6.29 Å². The molecular weight excluding hydrogens is 196 g/mol. The third kappa shape index (κ3) is 1.65. The molecule has 5 atom stereocenters. The number of carbonyl (C=O) groups is 1. The van der Waals surface area contributed by atoms with Gasteiger partial charge in [-0.2, -0.15) is 0 Å². The van der Waals surface area contributed by atoms with E-state index in [2.05, 4.69) is 4.74 Å². The van der Waals surface area contributed by atoms with Crippen molar-refractivity contribution in [2.45, 2.75) is 30.2 Å². The van der Waals surface area contributed by atoms with Crippen LogP contribution in [0, 0.1) is 0 Å². The zero-order valence-corrected chi connectivity index (χ0v) is 7.15. The molecule has 0 unspecified atom stereocenters. The van der Waals surface area contributed by atoms with Gasteiger partial charge < -0.3 is 30.3 Å². The van der Waals surface area contributed by atoms with Crippen LogP contribution in [0.3, 0.4) is 0 Å². The van der Waals surface area contributed by atoms with Crippen LogP contribution in [0.15, 0.2) is 0 Å². The summed E-state index contributed by atoms with van der Waals surface area (Å²) in [6.45, 7) is -0.693. The number of hydrogen-bond acceptors (Lipinski definition) is 7. The fourth-order valence-corrected chi connectivity index (χ4v) is 1.28. The van der Waals surface area contributed by atoms with E-state index in [0.717, 1.165) is 0 Å². The molecule has 1 heterocycles. The van der Waals surface area contributed by atoms with E-state index in [1.807, 2.05) is 0 Å². The maximum absolute atomic E-state index is 10.4. The van der Waals surface area contributed by atoms with Crippen LogP contribution in [0.2, 0.25) is 0 Å². The second-order valence-corrected chi connectivity index (χ2v) is 3.13. The minimum atomic E-state index is -2.59. The fraction of sp³-hybridized carbons (Fsp3) is 0.857. The van der Waals surface area contributed by atoms with Crippen LogP contribution in [-0.2, 0) is 9.53 Å². The van der Waals surface area contributed by atoms with E-state index in [1.54, 1.807) is 0 Å². The minimum Gasteiger partial charge on any atom is -0.394 e. The molecule has 14 heavy (non-hydrogen) atoms. The number of carbonyl (C=O) groups excluding carboxylic acids is 1. The highest BCUT2D eigenvalue weighted by atomic mass is 16.7. The third-order valence-electron chi connectivity index (χ3n) is 2.17. The lowest BCUT2D eigenvalue weighted by molar-refractivity contribution is -0.326. The van der Waals surface area contributed by atoms with Crippen LogP contribution in [-0.4, -0.2) is 68.6 Å². The maximum Gasteiger partial charge on any atom is 0.253 e. The van der Waals surface area contributed by atoms with Crippen molar-refractivity contribution in [1.82, 2.24) is 0 Å². The van der Waals surface area contributed by atoms with Crippen LogP contribution >= 0.6 is 0 Å². The zero-order chi connectivity index (χ0) is 10.9. The molecule has 0 aromatic carbocycles. The van der Waals surface area contributed by atoms with Crippen LogP contribution in [0.5, 0.6) is 0 Å². The van der Waals surface area contributed by atoms with Gasteiger partial charge in [-0.05, 0) is 0 Å². The van der Waals surface area contributed by atoms with Gasteiger partial charge in [0.25, 0.3) is 5.79 Å². The Bertz CT molecular complexity index is 218. The van der Waals surface area contributed by atoms with Crippen LogP contribution in [0.25, 0.3) is 0 Å². The highest BCUT2D eigenvalue weighted by Crippen LogP contribution is 2.26. The average molecular weight is 208 g/mol. The fourth-order valence-electron chi connectivity index (χ4n) is 1.28. The Morgan fingerprint density at radius 3 is 2.29 bits per heavy atom. The van der Waals surface area contributed by atoms with Crippen molar-refractivity contribution >= 4 is 6.29 Å². The monoisotopic (exact) mass is 208 g/mol. The minimum absolute atomic E-state index is 0.102. The summed E-state index contributed by atoms with van der Waals surface area (Å²) < 4.78 is 4.54. The smallest absolute Gasteiger partial charge is 0.253 e. The van der Waals surface area contributed by atoms with Gasteiger partial charge in [0.05, 0.1) is 6.61 Å². The summed E-state index contributed by atoms with van der Waals surface area (Å²) in [5.41, 5.74) is 0. The Morgan fingerprint density at radius 2 is 1.86 bits per heavy atom. The largest absolute Gasteiger partial charge is 0.394 e. The lowest BCUT2D eigenvalue weighted by Crippen LogP contribution is -2.65. The van der Waals surface area contributed by atoms with Gasteiger partial charge in [0.1, 0.15) is 24.4 Å². The molecule has 1 rings (SSSR count). The summed E-state index contributed by atoms with van der Waals surface area (Å²) in [6.07, 6.45) is -6.68. The first kappa shape index (κ1) is 11.5. The summed E-state index contributed by atoms with van der Waals surface area (Å²) in [5, 5.41) is 45.6. The average Bonchev–Trinajstić information content (AvgIpc) is 2.20. The van der Waals surface area contributed by atoms with Gasteiger partial charge in [-0.25, -0.2) is 0 Å². The molecule has 0 radical (unpaired) electrons. The Balaban J connectivity index is 2.89. The van der Waals surface area contributed by atoms with Gasteiger partial charge in [0.2, 0.25) is 0 Å². The highest BCUT2D eigenvalue weighted by Gasteiger charge is 2.52. The Kier molecular flexibility index (Phi) is 3.20. The first-order valence-corrected chi connectivity index (χ1v) is 3.98. The molecule has 5 N–H and O–H groups in total. The first-order valence-electron chi connectivity index (χ1n) is 3.98. The van der Waals surface area contributed by atoms with Gasteiger partial charge in [-0.3, -0.25) is 4.79 Å². The van der Waals surface area contributed by atoms with Crippen molar-refractivity contribution in [1.29, 1.82) is 0 Å². The van der Waals surface area contributed by atoms with Crippen LogP contribution in [0.1, 0.15) is 0 Å². The molecule has 7 nitrogen and oxygen atoms in total. The van der Waals surface area contributed by atoms with Crippen molar-refractivity contribution in [3.8, 4) is 0 Å². The lowest BCUT2D eigenvalue weighted by Gasteiger charge is -2.42. The van der Waals surface area contributed by atoms with Crippen molar-refractivity contribution in [2.24, 2.45) is 0 Å².